The van der Waals surface area contributed by atoms with Gasteiger partial charge in [-0.05, 0) is 98.6 Å². The molecule has 5 heterocycles. The van der Waals surface area contributed by atoms with Gasteiger partial charge in [0.15, 0.2) is 5.78 Å². The number of hydrogen-bond acceptors (Lipinski definition) is 11. The lowest BCUT2D eigenvalue weighted by Gasteiger charge is -2.29. The summed E-state index contributed by atoms with van der Waals surface area (Å²) in [4.78, 5) is 59.7. The Labute approximate surface area is 350 Å². The predicted octanol–water partition coefficient (Wildman–Crippen LogP) is 7.50. The predicted molar refractivity (Wildman–Crippen MR) is 227 cm³/mol. The number of carbonyl (C=O) groups is 3. The van der Waals surface area contributed by atoms with E-state index in [-0.39, 0.29) is 42.9 Å². The summed E-state index contributed by atoms with van der Waals surface area (Å²) in [5.41, 5.74) is 2.14. The highest BCUT2D eigenvalue weighted by Crippen LogP contribution is 2.57. The van der Waals surface area contributed by atoms with Crippen LogP contribution in [0.4, 0.5) is 0 Å². The highest BCUT2D eigenvalue weighted by atomic mass is 32.2. The van der Waals surface area contributed by atoms with Crippen LogP contribution in [0.1, 0.15) is 101 Å². The Hall–Kier alpha value is -4.69. The van der Waals surface area contributed by atoms with E-state index < -0.39 is 44.7 Å². The van der Waals surface area contributed by atoms with Crippen molar-refractivity contribution in [2.45, 2.75) is 115 Å². The van der Waals surface area contributed by atoms with Crippen molar-refractivity contribution in [3.63, 3.8) is 0 Å². The molecule has 0 radical (unpaired) electrons. The van der Waals surface area contributed by atoms with Gasteiger partial charge in [0.25, 0.3) is 0 Å². The van der Waals surface area contributed by atoms with Gasteiger partial charge in [0.2, 0.25) is 27.7 Å². The maximum atomic E-state index is 14.9. The zero-order chi connectivity index (χ0) is 41.5. The average Bonchev–Trinajstić information content (AvgIpc) is 4.09. The minimum absolute atomic E-state index is 0.143. The van der Waals surface area contributed by atoms with Crippen LogP contribution in [0.5, 0.6) is 11.6 Å². The van der Waals surface area contributed by atoms with Gasteiger partial charge in [-0.25, -0.2) is 18.4 Å². The first-order valence-corrected chi connectivity index (χ1v) is 23.4. The lowest BCUT2D eigenvalue weighted by molar-refractivity contribution is -0.142. The smallest absolute Gasteiger partial charge is 0.240 e. The summed E-state index contributed by atoms with van der Waals surface area (Å²) in [6.07, 6.45) is 11.1. The summed E-state index contributed by atoms with van der Waals surface area (Å²) in [5.74, 6) is -0.416. The molecule has 5 atom stereocenters. The van der Waals surface area contributed by atoms with Crippen molar-refractivity contribution in [1.29, 1.82) is 0 Å². The van der Waals surface area contributed by atoms with E-state index in [4.69, 9.17) is 19.4 Å². The number of aromatic nitrogens is 3. The van der Waals surface area contributed by atoms with Gasteiger partial charge in [-0.15, -0.1) is 11.3 Å². The van der Waals surface area contributed by atoms with Crippen LogP contribution in [0, 0.1) is 24.2 Å². The Morgan fingerprint density at radius 3 is 2.63 bits per heavy atom. The van der Waals surface area contributed by atoms with Crippen LogP contribution in [0.2, 0.25) is 0 Å². The monoisotopic (exact) mass is 839 g/mol. The first-order valence-electron chi connectivity index (χ1n) is 20.9. The molecule has 2 aliphatic heterocycles. The van der Waals surface area contributed by atoms with Crippen molar-refractivity contribution >= 4 is 49.7 Å². The Morgan fingerprint density at radius 2 is 1.90 bits per heavy atom. The Bertz CT molecular complexity index is 2380. The SMILES string of the molecule is COc1ccc2c(O[C@@H]3C[C@H]4C(=O)C[C@]5(C(=O)NS(=O)(=O)C6CC6)C[C@H]5/C=C\CCCCC[C@H](Cc5ccccn5)C(=O)N4C3)nc(-c3nc(C(C)C)cs3)cc2c1C. The first-order chi connectivity index (χ1) is 28.4. The molecule has 312 valence electrons. The van der Waals surface area contributed by atoms with E-state index in [2.05, 4.69) is 29.6 Å². The van der Waals surface area contributed by atoms with Crippen LogP contribution >= 0.6 is 11.3 Å². The molecule has 2 amide bonds. The molecule has 3 aromatic heterocycles. The fourth-order valence-electron chi connectivity index (χ4n) is 8.76. The van der Waals surface area contributed by atoms with Crippen molar-refractivity contribution in [2.24, 2.45) is 17.3 Å². The number of amides is 2. The summed E-state index contributed by atoms with van der Waals surface area (Å²) in [5, 5.41) is 3.88. The number of fused-ring (bicyclic) bond motifs is 3. The van der Waals surface area contributed by atoms with Gasteiger partial charge in [0.1, 0.15) is 22.6 Å². The van der Waals surface area contributed by atoms with Crippen LogP contribution < -0.4 is 14.2 Å². The lowest BCUT2D eigenvalue weighted by atomic mass is 9.90. The minimum Gasteiger partial charge on any atom is -0.496 e. The fourth-order valence-corrected chi connectivity index (χ4v) is 11.1. The Morgan fingerprint density at radius 1 is 1.07 bits per heavy atom. The average molecular weight is 840 g/mol. The van der Waals surface area contributed by atoms with Gasteiger partial charge >= 0.3 is 0 Å². The van der Waals surface area contributed by atoms with Crippen molar-refractivity contribution in [2.75, 3.05) is 13.7 Å². The van der Waals surface area contributed by atoms with Crippen molar-refractivity contribution in [1.82, 2.24) is 24.6 Å². The van der Waals surface area contributed by atoms with Crippen LogP contribution in [0.25, 0.3) is 21.5 Å². The molecule has 1 saturated heterocycles. The van der Waals surface area contributed by atoms with Crippen molar-refractivity contribution in [3.8, 4) is 22.3 Å². The van der Waals surface area contributed by atoms with Gasteiger partial charge in [0, 0.05) is 47.8 Å². The second-order valence-electron chi connectivity index (χ2n) is 17.1. The van der Waals surface area contributed by atoms with Gasteiger partial charge in [-0.2, -0.15) is 0 Å². The number of aryl methyl sites for hydroxylation is 1. The van der Waals surface area contributed by atoms with E-state index in [1.165, 1.54) is 11.3 Å². The normalized spacial score (nSPS) is 25.8. The molecule has 0 spiro atoms. The number of ether oxygens (including phenoxy) is 2. The zero-order valence-corrected chi connectivity index (χ0v) is 35.8. The highest BCUT2D eigenvalue weighted by molar-refractivity contribution is 7.90. The van der Waals surface area contributed by atoms with Crippen LogP contribution in [0.3, 0.4) is 0 Å². The molecule has 14 heteroatoms. The lowest BCUT2D eigenvalue weighted by Crippen LogP contribution is -2.46. The summed E-state index contributed by atoms with van der Waals surface area (Å²) < 4.78 is 40.8. The van der Waals surface area contributed by atoms with Crippen LogP contribution in [-0.2, 0) is 30.8 Å². The number of nitrogens with one attached hydrogen (secondary N) is 1. The van der Waals surface area contributed by atoms with Crippen molar-refractivity contribution in [3.05, 3.63) is 77.1 Å². The molecule has 3 fully saturated rings. The van der Waals surface area contributed by atoms with Gasteiger partial charge in [-0.3, -0.25) is 24.1 Å². The molecular weight excluding hydrogens is 787 g/mol. The number of benzene rings is 1. The van der Waals surface area contributed by atoms with E-state index in [1.54, 1.807) is 18.2 Å². The summed E-state index contributed by atoms with van der Waals surface area (Å²) in [6.45, 7) is 6.33. The van der Waals surface area contributed by atoms with Crippen LogP contribution in [-0.4, -0.2) is 76.9 Å². The van der Waals surface area contributed by atoms with E-state index in [0.717, 1.165) is 64.2 Å². The molecule has 1 aromatic carbocycles. The van der Waals surface area contributed by atoms with Crippen molar-refractivity contribution < 1.29 is 32.3 Å². The molecule has 4 aromatic rings. The molecule has 4 aliphatic rings. The minimum atomic E-state index is -3.83. The molecule has 0 bridgehead atoms. The number of Topliss-reactive ketones (excluding diaryl/α,β-unsaturated/α-hetero) is 1. The molecule has 2 saturated carbocycles. The summed E-state index contributed by atoms with van der Waals surface area (Å²) in [6, 6.07) is 10.6. The summed E-state index contributed by atoms with van der Waals surface area (Å²) in [7, 11) is -2.20. The van der Waals surface area contributed by atoms with E-state index in [0.29, 0.717) is 43.7 Å². The molecule has 59 heavy (non-hydrogen) atoms. The number of hydrogen-bond donors (Lipinski definition) is 1. The third-order valence-corrected chi connectivity index (χ3v) is 15.2. The van der Waals surface area contributed by atoms with E-state index in [1.807, 2.05) is 54.8 Å². The number of thiazole rings is 1. The maximum absolute atomic E-state index is 14.9. The quantitative estimate of drug-likeness (QED) is 0.159. The molecule has 12 nitrogen and oxygen atoms in total. The topological polar surface area (TPSA) is 158 Å². The second kappa shape index (κ2) is 16.8. The molecule has 8 rings (SSSR count). The number of methoxy groups -OCH3 is 1. The number of ketones is 1. The molecule has 1 N–H and O–H groups in total. The van der Waals surface area contributed by atoms with Gasteiger partial charge in [0.05, 0.1) is 36.1 Å². The number of sulfonamides is 1. The van der Waals surface area contributed by atoms with Crippen LogP contribution in [0.15, 0.2) is 60.1 Å². The standard InChI is InChI=1S/C45H53N5O7S2/c1-27(2)37-26-58-42(48-37)36-22-35-28(3)40(56-4)18-17-34(35)41(47-36)57-32-21-38-39(51)24-45(44(53)49-59(54,55)33-15-16-33)23-30(45)13-9-7-5-6-8-12-29(43(52)50(38)25-32)20-31-14-10-11-19-46-31/h9-11,13-14,17-19,22,26-27,29-30,32-33,38H,5-8,12,15-16,20-21,23-25H2,1-4H3,(H,49,53)/b13-9-/t29-,30-,32-,38+,45-/m1/s1. The highest BCUT2D eigenvalue weighted by Gasteiger charge is 2.61. The second-order valence-corrected chi connectivity index (χ2v) is 19.9. The number of rotatable bonds is 10. The van der Waals surface area contributed by atoms with E-state index in [9.17, 15) is 22.8 Å². The third kappa shape index (κ3) is 8.66. The number of allylic oxidation sites excluding steroid dienone is 2. The number of nitrogens with zero attached hydrogens (tertiary/aromatic N) is 4. The van der Waals surface area contributed by atoms with E-state index >= 15 is 0 Å². The Kier molecular flexibility index (Phi) is 11.7. The Balaban J connectivity index is 1.15. The number of pyridine rings is 2. The fraction of sp³-hybridized carbons (Fsp3) is 0.511. The maximum Gasteiger partial charge on any atom is 0.240 e. The largest absolute Gasteiger partial charge is 0.496 e. The molecule has 2 aliphatic carbocycles. The molecular formula is C45H53N5O7S2. The zero-order valence-electron chi connectivity index (χ0n) is 34.2. The summed E-state index contributed by atoms with van der Waals surface area (Å²) >= 11 is 1.52. The third-order valence-electron chi connectivity index (χ3n) is 12.5. The first kappa shape index (κ1) is 41.1. The van der Waals surface area contributed by atoms with Gasteiger partial charge in [-0.1, -0.05) is 44.9 Å². The molecule has 0 unspecified atom stereocenters. The number of carbonyl (C=O) groups excluding carboxylic acids is 3. The van der Waals surface area contributed by atoms with Gasteiger partial charge < -0.3 is 14.4 Å².